The summed E-state index contributed by atoms with van der Waals surface area (Å²) >= 11 is 0. The number of nitrogens with two attached hydrogens (primary N) is 1. The first-order valence-corrected chi connectivity index (χ1v) is 6.91. The fourth-order valence-electron chi connectivity index (χ4n) is 3.06. The van der Waals surface area contributed by atoms with Gasteiger partial charge in [-0.3, -0.25) is 0 Å². The Morgan fingerprint density at radius 3 is 2.57 bits per heavy atom. The van der Waals surface area contributed by atoms with Gasteiger partial charge >= 0.3 is 0 Å². The minimum Gasteiger partial charge on any atom is -1.00 e. The van der Waals surface area contributed by atoms with Crippen molar-refractivity contribution in [3.63, 3.8) is 0 Å². The van der Waals surface area contributed by atoms with Crippen LogP contribution in [-0.4, -0.2) is 4.40 Å². The lowest BCUT2D eigenvalue weighted by atomic mass is 10.2. The number of para-hydroxylation sites is 2. The van der Waals surface area contributed by atoms with E-state index in [1.807, 2.05) is 6.07 Å². The molecule has 2 aromatic carbocycles. The Balaban J connectivity index is 0.00000132. The molecule has 0 aliphatic carbocycles. The zero-order chi connectivity index (χ0) is 13.7. The van der Waals surface area contributed by atoms with Gasteiger partial charge in [-0.15, -0.1) is 0 Å². The Bertz CT molecular complexity index is 956. The van der Waals surface area contributed by atoms with E-state index in [-0.39, 0.29) is 12.4 Å². The summed E-state index contributed by atoms with van der Waals surface area (Å²) in [6.07, 6.45) is 0. The maximum absolute atomic E-state index is 5.98. The molecule has 0 bridgehead atoms. The van der Waals surface area contributed by atoms with Crippen molar-refractivity contribution in [2.24, 2.45) is 0 Å². The average Bonchev–Trinajstić information content (AvgIpc) is 2.81. The number of halogens is 1. The summed E-state index contributed by atoms with van der Waals surface area (Å²) < 4.78 is 4.63. The Morgan fingerprint density at radius 2 is 1.76 bits per heavy atom. The maximum atomic E-state index is 5.98. The molecule has 0 radical (unpaired) electrons. The molecule has 4 rings (SSSR count). The van der Waals surface area contributed by atoms with Crippen LogP contribution in [0.3, 0.4) is 0 Å². The summed E-state index contributed by atoms with van der Waals surface area (Å²) in [4.78, 5) is 0. The van der Waals surface area contributed by atoms with Crippen LogP contribution in [0, 0.1) is 0 Å². The number of nitrogen functional groups attached to an aromatic ring is 1. The van der Waals surface area contributed by atoms with Crippen molar-refractivity contribution >= 4 is 33.3 Å². The van der Waals surface area contributed by atoms with Gasteiger partial charge in [-0.05, 0) is 37.3 Å². The second-order valence-corrected chi connectivity index (χ2v) is 5.08. The molecule has 0 aliphatic rings. The number of pyridine rings is 1. The first-order chi connectivity index (χ1) is 9.79. The third-order valence-electron chi connectivity index (χ3n) is 3.94. The largest absolute Gasteiger partial charge is 1.00 e. The van der Waals surface area contributed by atoms with Crippen LogP contribution in [0.2, 0.25) is 0 Å². The molecule has 21 heavy (non-hydrogen) atoms. The molecule has 0 fully saturated rings. The van der Waals surface area contributed by atoms with Crippen LogP contribution in [0.5, 0.6) is 0 Å². The molecule has 0 saturated heterocycles. The van der Waals surface area contributed by atoms with Gasteiger partial charge < -0.3 is 18.1 Å². The molecule has 0 atom stereocenters. The Labute approximate surface area is 129 Å². The van der Waals surface area contributed by atoms with Crippen LogP contribution in [0.15, 0.2) is 54.6 Å². The van der Waals surface area contributed by atoms with Crippen LogP contribution in [0.1, 0.15) is 6.92 Å². The van der Waals surface area contributed by atoms with Gasteiger partial charge in [-0.1, -0.05) is 12.1 Å². The zero-order valence-electron chi connectivity index (χ0n) is 11.8. The number of aryl methyl sites for hydroxylation is 1. The molecular formula is C17H16ClN3. The number of anilines is 1. The van der Waals surface area contributed by atoms with Crippen molar-refractivity contribution in [1.82, 2.24) is 4.40 Å². The second kappa shape index (κ2) is 4.93. The second-order valence-electron chi connectivity index (χ2n) is 5.08. The van der Waals surface area contributed by atoms with E-state index in [9.17, 15) is 0 Å². The van der Waals surface area contributed by atoms with Crippen LogP contribution in [0.25, 0.3) is 27.6 Å². The quantitative estimate of drug-likeness (QED) is 0.394. The van der Waals surface area contributed by atoms with Gasteiger partial charge in [0.05, 0.1) is 6.54 Å². The normalized spacial score (nSPS) is 11.1. The number of hydrogen-bond donors (Lipinski definition) is 1. The molecule has 106 valence electrons. The van der Waals surface area contributed by atoms with E-state index in [2.05, 4.69) is 64.4 Å². The standard InChI is InChI=1S/C17H15N3.ClH/c1-2-19-14-5-3-4-6-15(14)20-16-11-13(18)9-7-12(16)8-10-17(19)20;/h3-11,18H,2H2,1H3;1H. The van der Waals surface area contributed by atoms with Gasteiger partial charge in [0.2, 0.25) is 0 Å². The molecule has 0 spiro atoms. The highest BCUT2D eigenvalue weighted by atomic mass is 35.5. The molecule has 0 saturated carbocycles. The number of aromatic nitrogens is 2. The van der Waals surface area contributed by atoms with E-state index in [1.54, 1.807) is 0 Å². The molecule has 2 heterocycles. The average molecular weight is 298 g/mol. The van der Waals surface area contributed by atoms with Crippen molar-refractivity contribution in [2.75, 3.05) is 5.73 Å². The molecule has 3 nitrogen and oxygen atoms in total. The fourth-order valence-corrected chi connectivity index (χ4v) is 3.06. The van der Waals surface area contributed by atoms with Gasteiger partial charge in [0.1, 0.15) is 5.52 Å². The molecule has 2 N–H and O–H groups in total. The summed E-state index contributed by atoms with van der Waals surface area (Å²) in [6.45, 7) is 3.13. The van der Waals surface area contributed by atoms with Crippen molar-refractivity contribution < 1.29 is 17.0 Å². The third kappa shape index (κ3) is 1.85. The van der Waals surface area contributed by atoms with Crippen molar-refractivity contribution in [3.8, 4) is 0 Å². The van der Waals surface area contributed by atoms with E-state index < -0.39 is 0 Å². The lowest BCUT2D eigenvalue weighted by Gasteiger charge is -1.99. The highest BCUT2D eigenvalue weighted by molar-refractivity contribution is 5.89. The molecule has 0 unspecified atom stereocenters. The number of fused-ring (bicyclic) bond motifs is 5. The fraction of sp³-hybridized carbons (Fsp3) is 0.118. The van der Waals surface area contributed by atoms with Crippen molar-refractivity contribution in [3.05, 3.63) is 54.6 Å². The van der Waals surface area contributed by atoms with Crippen molar-refractivity contribution in [2.45, 2.75) is 13.5 Å². The molecular weight excluding hydrogens is 282 g/mol. The summed E-state index contributed by atoms with van der Waals surface area (Å²) in [6, 6.07) is 18.9. The van der Waals surface area contributed by atoms with Crippen LogP contribution in [-0.2, 0) is 6.54 Å². The van der Waals surface area contributed by atoms with Gasteiger partial charge in [0.15, 0.2) is 11.0 Å². The number of benzene rings is 2. The maximum Gasteiger partial charge on any atom is 0.287 e. The summed E-state index contributed by atoms with van der Waals surface area (Å²) in [7, 11) is 0. The van der Waals surface area contributed by atoms with E-state index in [4.69, 9.17) is 5.73 Å². The Morgan fingerprint density at radius 1 is 1.00 bits per heavy atom. The monoisotopic (exact) mass is 297 g/mol. The topological polar surface area (TPSA) is 34.3 Å². The summed E-state index contributed by atoms with van der Waals surface area (Å²) in [5.41, 5.74) is 11.6. The first kappa shape index (κ1) is 13.7. The van der Waals surface area contributed by atoms with Crippen LogP contribution >= 0.6 is 0 Å². The SMILES string of the molecule is CC[n+]1c2ccccc2n2c3cc(N)ccc3ccc21.[Cl-]. The number of nitrogens with zero attached hydrogens (tertiary/aromatic N) is 2. The lowest BCUT2D eigenvalue weighted by molar-refractivity contribution is -0.642. The highest BCUT2D eigenvalue weighted by Crippen LogP contribution is 2.23. The zero-order valence-corrected chi connectivity index (χ0v) is 12.5. The third-order valence-corrected chi connectivity index (χ3v) is 3.94. The van der Waals surface area contributed by atoms with Gasteiger partial charge in [0.25, 0.3) is 5.65 Å². The molecule has 4 heteroatoms. The number of hydrogen-bond acceptors (Lipinski definition) is 1. The van der Waals surface area contributed by atoms with E-state index in [0.717, 1.165) is 17.7 Å². The van der Waals surface area contributed by atoms with E-state index >= 15 is 0 Å². The van der Waals surface area contributed by atoms with Gasteiger partial charge in [0, 0.05) is 23.2 Å². The molecule has 4 aromatic rings. The summed E-state index contributed by atoms with van der Waals surface area (Å²) in [5.74, 6) is 0. The van der Waals surface area contributed by atoms with Gasteiger partial charge in [-0.25, -0.2) is 4.57 Å². The first-order valence-electron chi connectivity index (χ1n) is 6.91. The Hall–Kier alpha value is -2.26. The molecule has 2 aromatic heterocycles. The van der Waals surface area contributed by atoms with Gasteiger partial charge in [-0.2, -0.15) is 4.40 Å². The minimum atomic E-state index is 0. The predicted molar refractivity (Wildman–Crippen MR) is 82.7 cm³/mol. The number of imidazole rings is 1. The van der Waals surface area contributed by atoms with Crippen LogP contribution < -0.4 is 22.7 Å². The van der Waals surface area contributed by atoms with Crippen molar-refractivity contribution in [1.29, 1.82) is 0 Å². The lowest BCUT2D eigenvalue weighted by Crippen LogP contribution is -3.00. The molecule has 0 amide bonds. The van der Waals surface area contributed by atoms with Crippen LogP contribution in [0.4, 0.5) is 5.69 Å². The van der Waals surface area contributed by atoms with E-state index in [1.165, 1.54) is 22.1 Å². The minimum absolute atomic E-state index is 0. The molecule has 0 aliphatic heterocycles. The number of rotatable bonds is 1. The summed E-state index contributed by atoms with van der Waals surface area (Å²) in [5, 5.41) is 1.20. The van der Waals surface area contributed by atoms with E-state index in [0.29, 0.717) is 0 Å². The predicted octanol–water partition coefficient (Wildman–Crippen LogP) is 0.139. The smallest absolute Gasteiger partial charge is 0.287 e. The Kier molecular flexibility index (Phi) is 3.22. The highest BCUT2D eigenvalue weighted by Gasteiger charge is 2.19.